The summed E-state index contributed by atoms with van der Waals surface area (Å²) in [5, 5.41) is 34.8. The number of carbonyl (C=O) groups is 1. The minimum atomic E-state index is 0.000830. The van der Waals surface area contributed by atoms with E-state index in [1.165, 1.54) is 25.5 Å². The second-order valence-electron chi connectivity index (χ2n) is 17.3. The molecule has 4 saturated carbocycles. The third-order valence-corrected chi connectivity index (χ3v) is 15.2. The van der Waals surface area contributed by atoms with Crippen LogP contribution in [0.3, 0.4) is 0 Å². The molecule has 3 aromatic rings. The molecule has 4 fully saturated rings. The number of hydrogen-bond acceptors (Lipinski definition) is 14. The summed E-state index contributed by atoms with van der Waals surface area (Å²) in [6.07, 6.45) is 11.0. The van der Waals surface area contributed by atoms with E-state index in [1.54, 1.807) is 11.3 Å². The number of pyridine rings is 1. The fourth-order valence-electron chi connectivity index (χ4n) is 11.5. The Morgan fingerprint density at radius 2 is 1.81 bits per heavy atom. The molecule has 8 rings (SSSR count). The Bertz CT molecular complexity index is 2090. The summed E-state index contributed by atoms with van der Waals surface area (Å²) in [4.78, 5) is 26.3. The molecule has 14 heteroatoms. The number of thiazole rings is 1. The molecule has 0 saturated heterocycles. The number of nitrogens with one attached hydrogen (secondary N) is 3. The molecule has 1 aromatic carbocycles. The summed E-state index contributed by atoms with van der Waals surface area (Å²) in [6.45, 7) is 8.95. The number of aromatic nitrogens is 2. The number of fused-ring (bicyclic) bond motifs is 2. The van der Waals surface area contributed by atoms with Gasteiger partial charge in [0, 0.05) is 74.4 Å². The fourth-order valence-corrected chi connectivity index (χ4v) is 12.4. The second kappa shape index (κ2) is 16.4. The van der Waals surface area contributed by atoms with E-state index >= 15 is 0 Å². The van der Waals surface area contributed by atoms with Crippen molar-refractivity contribution in [2.45, 2.75) is 77.2 Å². The van der Waals surface area contributed by atoms with Crippen molar-refractivity contribution in [3.63, 3.8) is 0 Å². The first kappa shape index (κ1) is 40.4. The number of rotatable bonds is 20. The number of nitrogens with two attached hydrogens (primary N) is 2. The van der Waals surface area contributed by atoms with Gasteiger partial charge in [-0.15, -0.1) is 0 Å². The van der Waals surface area contributed by atoms with E-state index in [4.69, 9.17) is 26.6 Å². The molecule has 5 aliphatic rings. The van der Waals surface area contributed by atoms with Crippen LogP contribution in [0, 0.1) is 28.1 Å². The van der Waals surface area contributed by atoms with Gasteiger partial charge >= 0.3 is 0 Å². The molecule has 4 aliphatic carbocycles. The van der Waals surface area contributed by atoms with Gasteiger partial charge in [0.1, 0.15) is 23.2 Å². The molecule has 3 heterocycles. The van der Waals surface area contributed by atoms with Gasteiger partial charge in [0.25, 0.3) is 0 Å². The van der Waals surface area contributed by atoms with Crippen LogP contribution in [0.4, 0.5) is 10.9 Å². The van der Waals surface area contributed by atoms with Crippen molar-refractivity contribution in [1.29, 1.82) is 5.41 Å². The van der Waals surface area contributed by atoms with E-state index in [0.717, 1.165) is 103 Å². The number of benzene rings is 1. The van der Waals surface area contributed by atoms with Gasteiger partial charge in [-0.05, 0) is 124 Å². The summed E-state index contributed by atoms with van der Waals surface area (Å²) in [5.74, 6) is 3.03. The maximum Gasteiger partial charge on any atom is 0.189 e. The lowest BCUT2D eigenvalue weighted by Gasteiger charge is -2.73. The first-order valence-corrected chi connectivity index (χ1v) is 21.8. The van der Waals surface area contributed by atoms with Gasteiger partial charge in [-0.3, -0.25) is 4.79 Å². The lowest BCUT2D eigenvalue weighted by atomic mass is 9.35. The fraction of sp³-hybridized carbons (Fsp3) is 0.545. The van der Waals surface area contributed by atoms with Crippen LogP contribution < -0.4 is 27.0 Å². The third kappa shape index (κ3) is 7.00. The topological polar surface area (TPSA) is 199 Å². The van der Waals surface area contributed by atoms with Gasteiger partial charge in [0.15, 0.2) is 11.4 Å². The zero-order valence-electron chi connectivity index (χ0n) is 33.9. The SMILES string of the molecule is C/C(NCC12CC3CC4(OCCN(CCCO)CCCO)CC(C1)C34C2)=C(/C=N)c1ccc(N2CCCC(/C(C)=C(\N)Nc3nc4ccccc4s3)=C2N)nc1C=O. The van der Waals surface area contributed by atoms with Crippen molar-refractivity contribution in [2.24, 2.45) is 34.1 Å². The summed E-state index contributed by atoms with van der Waals surface area (Å²) in [6, 6.07) is 11.7. The molecular weight excluding hydrogens is 751 g/mol. The average molecular weight is 810 g/mol. The molecule has 58 heavy (non-hydrogen) atoms. The monoisotopic (exact) mass is 809 g/mol. The smallest absolute Gasteiger partial charge is 0.189 e. The Labute approximate surface area is 345 Å². The van der Waals surface area contributed by atoms with Crippen LogP contribution in [0.25, 0.3) is 15.8 Å². The number of aliphatic hydroxyl groups is 2. The highest BCUT2D eigenvalue weighted by molar-refractivity contribution is 7.22. The van der Waals surface area contributed by atoms with Crippen molar-refractivity contribution < 1.29 is 19.7 Å². The number of ether oxygens (including phenoxy) is 1. The number of aliphatic hydroxyl groups excluding tert-OH is 2. The minimum Gasteiger partial charge on any atom is -0.396 e. The average Bonchev–Trinajstić information content (AvgIpc) is 3.88. The second-order valence-corrected chi connectivity index (χ2v) is 18.3. The Morgan fingerprint density at radius 1 is 1.07 bits per heavy atom. The number of aldehydes is 1. The van der Waals surface area contributed by atoms with Crippen molar-refractivity contribution in [3.8, 4) is 0 Å². The van der Waals surface area contributed by atoms with E-state index in [1.807, 2.05) is 55.1 Å². The van der Waals surface area contributed by atoms with E-state index in [-0.39, 0.29) is 29.9 Å². The largest absolute Gasteiger partial charge is 0.396 e. The Kier molecular flexibility index (Phi) is 11.4. The Hall–Kier alpha value is -4.34. The number of para-hydroxylation sites is 1. The van der Waals surface area contributed by atoms with Crippen LogP contribution in [0.1, 0.15) is 87.7 Å². The molecule has 13 nitrogen and oxygen atoms in total. The third-order valence-electron chi connectivity index (χ3n) is 14.2. The van der Waals surface area contributed by atoms with E-state index < -0.39 is 0 Å². The summed E-state index contributed by atoms with van der Waals surface area (Å²) >= 11 is 1.54. The first-order valence-electron chi connectivity index (χ1n) is 20.9. The number of nitrogens with zero attached hydrogens (tertiary/aromatic N) is 4. The molecule has 1 aliphatic heterocycles. The molecule has 1 spiro atoms. The van der Waals surface area contributed by atoms with Gasteiger partial charge in [0.2, 0.25) is 0 Å². The van der Waals surface area contributed by atoms with Gasteiger partial charge in [-0.1, -0.05) is 23.5 Å². The Morgan fingerprint density at radius 3 is 2.50 bits per heavy atom. The number of hydrogen-bond donors (Lipinski definition) is 7. The van der Waals surface area contributed by atoms with Crippen molar-refractivity contribution in [2.75, 3.05) is 62.8 Å². The van der Waals surface area contributed by atoms with E-state index in [9.17, 15) is 15.0 Å². The lowest BCUT2D eigenvalue weighted by Crippen LogP contribution is -2.74. The molecular formula is C44H59N9O4S. The summed E-state index contributed by atoms with van der Waals surface area (Å²) in [5.41, 5.74) is 19.0. The predicted molar refractivity (Wildman–Crippen MR) is 230 cm³/mol. The van der Waals surface area contributed by atoms with E-state index in [2.05, 4.69) is 20.5 Å². The number of anilines is 2. The molecule has 0 amide bonds. The quantitative estimate of drug-likeness (QED) is 0.0554. The minimum absolute atomic E-state index is 0.000830. The van der Waals surface area contributed by atoms with Crippen molar-refractivity contribution >= 4 is 50.6 Å². The zero-order chi connectivity index (χ0) is 40.7. The van der Waals surface area contributed by atoms with Gasteiger partial charge in [0.05, 0.1) is 22.4 Å². The van der Waals surface area contributed by atoms with Gasteiger partial charge in [-0.2, -0.15) is 0 Å². The maximum atomic E-state index is 12.6. The van der Waals surface area contributed by atoms with Crippen LogP contribution >= 0.6 is 11.3 Å². The van der Waals surface area contributed by atoms with Crippen molar-refractivity contribution in [1.82, 2.24) is 20.2 Å². The standard InChI is InChI=1S/C44H59N9O4S/c1-28(39(46)51-41-50-35-9-3-4-10-37(35)58-41)32-8-5-15-53(40(32)47)38-12-11-33(36(25-56)49-38)34(24-45)29(2)48-27-42-20-30-22-43(23-31(21-42)44(30,43)26-42)57-19-16-52(13-6-17-54)14-7-18-55/h3-4,9-12,24-25,30-31,45,48,54-55H,5-8,13-23,26-27,46-47H2,1-2H3,(H,50,51)/b34-29+,39-28+,45-24?. The molecule has 310 valence electrons. The molecule has 2 aromatic heterocycles. The zero-order valence-corrected chi connectivity index (χ0v) is 34.7. The lowest BCUT2D eigenvalue weighted by molar-refractivity contribution is -0.327. The molecule has 2 bridgehead atoms. The molecule has 0 radical (unpaired) electrons. The molecule has 2 atom stereocenters. The van der Waals surface area contributed by atoms with Gasteiger partial charge in [-0.25, -0.2) is 9.97 Å². The van der Waals surface area contributed by atoms with Crippen LogP contribution in [-0.2, 0) is 4.74 Å². The normalized spacial score (nSPS) is 27.8. The van der Waals surface area contributed by atoms with Crippen LogP contribution in [-0.4, -0.2) is 95.7 Å². The first-order chi connectivity index (χ1) is 28.1. The van der Waals surface area contributed by atoms with Crippen LogP contribution in [0.5, 0.6) is 0 Å². The highest BCUT2D eigenvalue weighted by atomic mass is 32.1. The highest BCUT2D eigenvalue weighted by Crippen LogP contribution is 2.86. The van der Waals surface area contributed by atoms with Crippen LogP contribution in [0.2, 0.25) is 0 Å². The Balaban J connectivity index is 0.930. The predicted octanol–water partition coefficient (Wildman–Crippen LogP) is 5.58. The molecule has 2 unspecified atom stereocenters. The highest BCUT2D eigenvalue weighted by Gasteiger charge is 2.84. The molecule has 9 N–H and O–H groups in total. The van der Waals surface area contributed by atoms with Crippen LogP contribution in [0.15, 0.2) is 64.9 Å². The van der Waals surface area contributed by atoms with Crippen molar-refractivity contribution in [3.05, 3.63) is 76.1 Å². The number of allylic oxidation sites excluding steroid dienone is 4. The van der Waals surface area contributed by atoms with Gasteiger partial charge < -0.3 is 52.3 Å². The summed E-state index contributed by atoms with van der Waals surface area (Å²) < 4.78 is 7.87. The van der Waals surface area contributed by atoms with E-state index in [0.29, 0.717) is 59.0 Å². The summed E-state index contributed by atoms with van der Waals surface area (Å²) in [7, 11) is 0. The number of carbonyl (C=O) groups excluding carboxylic acids is 1. The maximum absolute atomic E-state index is 12.6.